The molecule has 0 bridgehead atoms. The van der Waals surface area contributed by atoms with Gasteiger partial charge in [-0.25, -0.2) is 0 Å². The first-order valence-electron chi connectivity index (χ1n) is 5.34. The van der Waals surface area contributed by atoms with Gasteiger partial charge in [0.05, 0.1) is 17.4 Å². The predicted octanol–water partition coefficient (Wildman–Crippen LogP) is 3.11. The van der Waals surface area contributed by atoms with E-state index in [0.717, 1.165) is 8.68 Å². The van der Waals surface area contributed by atoms with Crippen LogP contribution < -0.4 is 0 Å². The van der Waals surface area contributed by atoms with Crippen molar-refractivity contribution in [1.29, 1.82) is 0 Å². The number of halogens is 1. The van der Waals surface area contributed by atoms with Gasteiger partial charge in [-0.1, -0.05) is 11.8 Å². The Balaban J connectivity index is 2.36. The third-order valence-corrected chi connectivity index (χ3v) is 5.69. The zero-order chi connectivity index (χ0) is 13.4. The number of methoxy groups -OCH3 is 1. The van der Waals surface area contributed by atoms with E-state index in [0.29, 0.717) is 26.2 Å². The Labute approximate surface area is 123 Å². The first kappa shape index (κ1) is 16.0. The lowest BCUT2D eigenvalue weighted by Gasteiger charge is -2.11. The number of rotatable bonds is 9. The number of hydrogen-bond donors (Lipinski definition) is 1. The van der Waals surface area contributed by atoms with Crippen molar-refractivity contribution in [3.63, 3.8) is 0 Å². The van der Waals surface area contributed by atoms with Gasteiger partial charge in [-0.3, -0.25) is 4.79 Å². The van der Waals surface area contributed by atoms with Crippen LogP contribution in [0.1, 0.15) is 6.42 Å². The lowest BCUT2D eigenvalue weighted by molar-refractivity contribution is -0.136. The number of thioether (sulfide) groups is 1. The molecular formula is C11H15BrO4S2. The van der Waals surface area contributed by atoms with E-state index in [4.69, 9.17) is 14.6 Å². The number of hydrogen-bond acceptors (Lipinski definition) is 5. The van der Waals surface area contributed by atoms with E-state index in [1.807, 2.05) is 11.4 Å². The van der Waals surface area contributed by atoms with Crippen LogP contribution in [0, 0.1) is 0 Å². The average Bonchev–Trinajstić information content (AvgIpc) is 2.73. The van der Waals surface area contributed by atoms with E-state index in [1.54, 1.807) is 7.11 Å². The van der Waals surface area contributed by atoms with Crippen molar-refractivity contribution in [3.8, 4) is 0 Å². The summed E-state index contributed by atoms with van der Waals surface area (Å²) in [6, 6.07) is 1.92. The lowest BCUT2D eigenvalue weighted by Crippen LogP contribution is -2.19. The molecule has 0 saturated heterocycles. The van der Waals surface area contributed by atoms with Gasteiger partial charge in [0.2, 0.25) is 0 Å². The molecule has 0 amide bonds. The zero-order valence-corrected chi connectivity index (χ0v) is 13.1. The van der Waals surface area contributed by atoms with E-state index in [-0.39, 0.29) is 0 Å². The molecule has 0 aromatic carbocycles. The molecule has 7 heteroatoms. The SMILES string of the molecule is COCCOCCC(Sc1sccc1Br)C(=O)O. The molecule has 0 saturated carbocycles. The summed E-state index contributed by atoms with van der Waals surface area (Å²) in [4.78, 5) is 11.1. The number of thiophene rings is 1. The monoisotopic (exact) mass is 354 g/mol. The molecule has 1 atom stereocenters. The Hall–Kier alpha value is -0.0800. The summed E-state index contributed by atoms with van der Waals surface area (Å²) in [7, 11) is 1.60. The van der Waals surface area contributed by atoms with Crippen molar-refractivity contribution in [2.24, 2.45) is 0 Å². The van der Waals surface area contributed by atoms with Crippen LogP contribution in [0.2, 0.25) is 0 Å². The van der Waals surface area contributed by atoms with Crippen LogP contribution in [-0.2, 0) is 14.3 Å². The maximum absolute atomic E-state index is 11.1. The normalized spacial score (nSPS) is 12.6. The molecular weight excluding hydrogens is 340 g/mol. The molecule has 1 unspecified atom stereocenters. The topological polar surface area (TPSA) is 55.8 Å². The second-order valence-corrected chi connectivity index (χ2v) is 6.64. The Kier molecular flexibility index (Phi) is 7.92. The number of ether oxygens (including phenoxy) is 2. The van der Waals surface area contributed by atoms with Crippen LogP contribution in [0.4, 0.5) is 0 Å². The molecule has 0 radical (unpaired) electrons. The van der Waals surface area contributed by atoms with Gasteiger partial charge in [-0.15, -0.1) is 11.3 Å². The van der Waals surface area contributed by atoms with Crippen LogP contribution in [0.25, 0.3) is 0 Å². The van der Waals surface area contributed by atoms with Gasteiger partial charge >= 0.3 is 5.97 Å². The third-order valence-electron chi connectivity index (χ3n) is 2.07. The van der Waals surface area contributed by atoms with Crippen LogP contribution in [0.5, 0.6) is 0 Å². The maximum atomic E-state index is 11.1. The Bertz CT molecular complexity index is 370. The van der Waals surface area contributed by atoms with E-state index < -0.39 is 11.2 Å². The highest BCUT2D eigenvalue weighted by Crippen LogP contribution is 2.36. The largest absolute Gasteiger partial charge is 0.480 e. The fourth-order valence-corrected chi connectivity index (χ4v) is 4.03. The van der Waals surface area contributed by atoms with Gasteiger partial charge in [0.1, 0.15) is 5.25 Å². The van der Waals surface area contributed by atoms with Crippen LogP contribution in [0.15, 0.2) is 20.1 Å². The first-order chi connectivity index (χ1) is 8.65. The van der Waals surface area contributed by atoms with E-state index in [9.17, 15) is 4.79 Å². The fraction of sp³-hybridized carbons (Fsp3) is 0.545. The molecule has 0 spiro atoms. The summed E-state index contributed by atoms with van der Waals surface area (Å²) in [5.74, 6) is -0.810. The minimum atomic E-state index is -0.810. The molecule has 0 aliphatic rings. The standard InChI is InChI=1S/C11H15BrO4S2/c1-15-5-6-16-4-2-9(10(13)14)18-11-8(12)3-7-17-11/h3,7,9H,2,4-6H2,1H3,(H,13,14). The number of carboxylic acid groups (broad SMARTS) is 1. The minimum Gasteiger partial charge on any atom is -0.480 e. The molecule has 0 fully saturated rings. The predicted molar refractivity (Wildman–Crippen MR) is 76.6 cm³/mol. The van der Waals surface area contributed by atoms with Gasteiger partial charge in [0, 0.05) is 18.2 Å². The van der Waals surface area contributed by atoms with Gasteiger partial charge in [0.15, 0.2) is 0 Å². The van der Waals surface area contributed by atoms with E-state index in [2.05, 4.69) is 15.9 Å². The summed E-state index contributed by atoms with van der Waals surface area (Å²) in [6.07, 6.45) is 0.480. The Morgan fingerprint density at radius 2 is 2.33 bits per heavy atom. The van der Waals surface area contributed by atoms with Crippen molar-refractivity contribution in [1.82, 2.24) is 0 Å². The molecule has 18 heavy (non-hydrogen) atoms. The van der Waals surface area contributed by atoms with Crippen molar-refractivity contribution >= 4 is 45.0 Å². The summed E-state index contributed by atoms with van der Waals surface area (Å²) >= 11 is 6.28. The number of carbonyl (C=O) groups is 1. The fourth-order valence-electron chi connectivity index (χ4n) is 1.16. The summed E-state index contributed by atoms with van der Waals surface area (Å²) in [6.45, 7) is 1.45. The molecule has 1 N–H and O–H groups in total. The Morgan fingerprint density at radius 3 is 2.89 bits per heavy atom. The Morgan fingerprint density at radius 1 is 1.56 bits per heavy atom. The van der Waals surface area contributed by atoms with Crippen molar-refractivity contribution in [2.45, 2.75) is 15.9 Å². The maximum Gasteiger partial charge on any atom is 0.317 e. The molecule has 1 aromatic heterocycles. The summed E-state index contributed by atoms with van der Waals surface area (Å²) in [5, 5.41) is 10.6. The highest BCUT2D eigenvalue weighted by Gasteiger charge is 2.20. The smallest absolute Gasteiger partial charge is 0.317 e. The molecule has 0 aliphatic carbocycles. The van der Waals surface area contributed by atoms with Crippen LogP contribution >= 0.6 is 39.0 Å². The van der Waals surface area contributed by atoms with E-state index >= 15 is 0 Å². The van der Waals surface area contributed by atoms with Crippen molar-refractivity contribution in [3.05, 3.63) is 15.9 Å². The highest BCUT2D eigenvalue weighted by atomic mass is 79.9. The molecule has 0 aliphatic heterocycles. The first-order valence-corrected chi connectivity index (χ1v) is 7.89. The number of aliphatic carboxylic acids is 1. The molecule has 1 heterocycles. The molecule has 102 valence electrons. The summed E-state index contributed by atoms with van der Waals surface area (Å²) in [5.41, 5.74) is 0. The average molecular weight is 355 g/mol. The van der Waals surface area contributed by atoms with Gasteiger partial charge in [-0.2, -0.15) is 0 Å². The summed E-state index contributed by atoms with van der Waals surface area (Å²) < 4.78 is 12.1. The molecule has 1 rings (SSSR count). The van der Waals surface area contributed by atoms with E-state index in [1.165, 1.54) is 23.1 Å². The molecule has 1 aromatic rings. The van der Waals surface area contributed by atoms with Crippen LogP contribution in [0.3, 0.4) is 0 Å². The second-order valence-electron chi connectivity index (χ2n) is 3.39. The lowest BCUT2D eigenvalue weighted by atomic mass is 10.3. The second kappa shape index (κ2) is 8.92. The third kappa shape index (κ3) is 5.71. The van der Waals surface area contributed by atoms with Gasteiger partial charge < -0.3 is 14.6 Å². The molecule has 4 nitrogen and oxygen atoms in total. The minimum absolute atomic E-state index is 0.427. The van der Waals surface area contributed by atoms with Crippen molar-refractivity contribution < 1.29 is 19.4 Å². The zero-order valence-electron chi connectivity index (χ0n) is 9.93. The van der Waals surface area contributed by atoms with Gasteiger partial charge in [0.25, 0.3) is 0 Å². The quantitative estimate of drug-likeness (QED) is 0.545. The van der Waals surface area contributed by atoms with Gasteiger partial charge in [-0.05, 0) is 33.8 Å². The number of carboxylic acids is 1. The van der Waals surface area contributed by atoms with Crippen LogP contribution in [-0.4, -0.2) is 43.3 Å². The highest BCUT2D eigenvalue weighted by molar-refractivity contribution is 9.10. The van der Waals surface area contributed by atoms with Crippen molar-refractivity contribution in [2.75, 3.05) is 26.9 Å².